The normalized spacial score (nSPS) is 21.4. The molecule has 3 aromatic rings. The van der Waals surface area contributed by atoms with Gasteiger partial charge >= 0.3 is 6.03 Å². The summed E-state index contributed by atoms with van der Waals surface area (Å²) in [6.07, 6.45) is 1.97. The summed E-state index contributed by atoms with van der Waals surface area (Å²) in [4.78, 5) is 40.4. The van der Waals surface area contributed by atoms with Crippen LogP contribution in [-0.2, 0) is 15.1 Å². The zero-order chi connectivity index (χ0) is 25.4. The highest BCUT2D eigenvalue weighted by molar-refractivity contribution is 6.09. The van der Waals surface area contributed by atoms with Crippen LogP contribution < -0.4 is 5.32 Å². The van der Waals surface area contributed by atoms with Crippen LogP contribution in [0.4, 0.5) is 4.79 Å². The number of urea groups is 1. The van der Waals surface area contributed by atoms with Crippen molar-refractivity contribution in [1.82, 2.24) is 15.2 Å². The number of hydrazone groups is 1. The van der Waals surface area contributed by atoms with Gasteiger partial charge in [0, 0.05) is 6.42 Å². The van der Waals surface area contributed by atoms with Crippen LogP contribution >= 0.6 is 0 Å². The molecule has 2 atom stereocenters. The Balaban J connectivity index is 1.40. The van der Waals surface area contributed by atoms with E-state index in [0.717, 1.165) is 16.0 Å². The van der Waals surface area contributed by atoms with Crippen LogP contribution in [0.25, 0.3) is 0 Å². The van der Waals surface area contributed by atoms with Gasteiger partial charge in [0.2, 0.25) is 0 Å². The number of nitrogens with zero attached hydrogens (tertiary/aromatic N) is 4. The number of nitriles is 1. The minimum Gasteiger partial charge on any atom is -0.467 e. The molecule has 5 rings (SSSR count). The lowest BCUT2D eigenvalue weighted by molar-refractivity contribution is -0.140. The minimum atomic E-state index is -1.35. The van der Waals surface area contributed by atoms with E-state index in [1.807, 2.05) is 37.3 Å². The van der Waals surface area contributed by atoms with Gasteiger partial charge in [0.25, 0.3) is 11.8 Å². The molecular formula is C27H23N5O4. The summed E-state index contributed by atoms with van der Waals surface area (Å²) in [5.74, 6) is -0.498. The number of carbonyl (C=O) groups excluding carboxylic acids is 3. The van der Waals surface area contributed by atoms with E-state index >= 15 is 0 Å². The SMILES string of the molecule is Cc1ccc(C2=NN(C(=O)CN3C(=O)N[C@](C)(c4ccc(C#N)cc4)C3=O)[C@@H](c3ccco3)C2)cc1. The van der Waals surface area contributed by atoms with Gasteiger partial charge in [0.1, 0.15) is 23.9 Å². The Hall–Kier alpha value is -4.71. The zero-order valence-electron chi connectivity index (χ0n) is 19.8. The van der Waals surface area contributed by atoms with Crippen LogP contribution in [-0.4, -0.2) is 40.0 Å². The van der Waals surface area contributed by atoms with Crippen molar-refractivity contribution >= 4 is 23.6 Å². The summed E-state index contributed by atoms with van der Waals surface area (Å²) in [6.45, 7) is 3.10. The van der Waals surface area contributed by atoms with Gasteiger partial charge < -0.3 is 9.73 Å². The third-order valence-electron chi connectivity index (χ3n) is 6.58. The zero-order valence-corrected chi connectivity index (χ0v) is 19.8. The molecule has 1 N–H and O–H groups in total. The Morgan fingerprint density at radius 2 is 1.89 bits per heavy atom. The van der Waals surface area contributed by atoms with Crippen LogP contribution in [0, 0.1) is 18.3 Å². The van der Waals surface area contributed by atoms with E-state index < -0.39 is 36.0 Å². The van der Waals surface area contributed by atoms with E-state index in [2.05, 4.69) is 10.4 Å². The highest BCUT2D eigenvalue weighted by Gasteiger charge is 2.50. The third-order valence-corrected chi connectivity index (χ3v) is 6.58. The number of benzene rings is 2. The molecule has 0 spiro atoms. The predicted molar refractivity (Wildman–Crippen MR) is 129 cm³/mol. The molecule has 1 saturated heterocycles. The van der Waals surface area contributed by atoms with Gasteiger partial charge in [-0.3, -0.25) is 14.5 Å². The molecule has 0 radical (unpaired) electrons. The largest absolute Gasteiger partial charge is 0.467 e. The second-order valence-electron chi connectivity index (χ2n) is 9.02. The second kappa shape index (κ2) is 8.82. The lowest BCUT2D eigenvalue weighted by Gasteiger charge is -2.24. The molecule has 9 nitrogen and oxygen atoms in total. The number of hydrogen-bond acceptors (Lipinski definition) is 6. The quantitative estimate of drug-likeness (QED) is 0.559. The Bertz CT molecular complexity index is 1400. The smallest absolute Gasteiger partial charge is 0.325 e. The first-order valence-corrected chi connectivity index (χ1v) is 11.4. The summed E-state index contributed by atoms with van der Waals surface area (Å²) in [5, 5.41) is 17.6. The number of imide groups is 1. The Kier molecular flexibility index (Phi) is 5.65. The number of hydrogen-bond donors (Lipinski definition) is 1. The maximum absolute atomic E-state index is 13.4. The van der Waals surface area contributed by atoms with Crippen molar-refractivity contribution in [1.29, 1.82) is 5.26 Å². The Morgan fingerprint density at radius 3 is 2.53 bits per heavy atom. The van der Waals surface area contributed by atoms with Gasteiger partial charge in [-0.05, 0) is 49.2 Å². The van der Waals surface area contributed by atoms with Crippen LogP contribution in [0.5, 0.6) is 0 Å². The predicted octanol–water partition coefficient (Wildman–Crippen LogP) is 3.60. The summed E-state index contributed by atoms with van der Waals surface area (Å²) >= 11 is 0. The fourth-order valence-corrected chi connectivity index (χ4v) is 4.49. The first-order chi connectivity index (χ1) is 17.3. The summed E-state index contributed by atoms with van der Waals surface area (Å²) in [5.41, 5.74) is 2.31. The third kappa shape index (κ3) is 3.92. The standard InChI is InChI=1S/C27H23N5O4/c1-17-5-9-19(10-6-17)21-14-22(23-4-3-13-36-23)32(30-21)24(33)16-31-25(34)27(2,29-26(31)35)20-11-7-18(15-28)8-12-20/h3-13,22H,14,16H2,1-2H3,(H,29,35)/t22-,27-/m1/s1. The minimum absolute atomic E-state index is 0.436. The molecule has 0 saturated carbocycles. The molecule has 0 unspecified atom stereocenters. The first-order valence-electron chi connectivity index (χ1n) is 11.4. The van der Waals surface area contributed by atoms with E-state index in [1.54, 1.807) is 43.3 Å². The molecule has 36 heavy (non-hydrogen) atoms. The van der Waals surface area contributed by atoms with Crippen molar-refractivity contribution in [2.75, 3.05) is 6.54 Å². The van der Waals surface area contributed by atoms with Crippen molar-refractivity contribution in [3.05, 3.63) is 94.9 Å². The molecule has 0 aliphatic carbocycles. The van der Waals surface area contributed by atoms with Gasteiger partial charge in [-0.15, -0.1) is 0 Å². The molecule has 2 aliphatic heterocycles. The number of amides is 4. The average Bonchev–Trinajstić information content (AvgIpc) is 3.61. The van der Waals surface area contributed by atoms with Gasteiger partial charge in [0.15, 0.2) is 0 Å². The lowest BCUT2D eigenvalue weighted by atomic mass is 9.91. The van der Waals surface area contributed by atoms with E-state index in [-0.39, 0.29) is 0 Å². The fourth-order valence-electron chi connectivity index (χ4n) is 4.49. The lowest BCUT2D eigenvalue weighted by Crippen LogP contribution is -2.43. The number of nitrogens with one attached hydrogen (secondary N) is 1. The number of carbonyl (C=O) groups is 3. The van der Waals surface area contributed by atoms with Crippen molar-refractivity contribution in [2.45, 2.75) is 31.8 Å². The van der Waals surface area contributed by atoms with Crippen LogP contribution in [0.1, 0.15) is 47.4 Å². The van der Waals surface area contributed by atoms with Crippen molar-refractivity contribution in [2.24, 2.45) is 5.10 Å². The Labute approximate surface area is 207 Å². The van der Waals surface area contributed by atoms with Crippen molar-refractivity contribution in [3.63, 3.8) is 0 Å². The first kappa shape index (κ1) is 23.1. The molecule has 2 aliphatic rings. The van der Waals surface area contributed by atoms with E-state index in [9.17, 15) is 14.4 Å². The van der Waals surface area contributed by atoms with Crippen LogP contribution in [0.3, 0.4) is 0 Å². The van der Waals surface area contributed by atoms with Gasteiger partial charge in [0.05, 0.1) is 23.6 Å². The maximum Gasteiger partial charge on any atom is 0.325 e. The molecule has 9 heteroatoms. The highest BCUT2D eigenvalue weighted by atomic mass is 16.3. The second-order valence-corrected chi connectivity index (χ2v) is 9.02. The molecule has 1 aromatic heterocycles. The number of furan rings is 1. The summed E-state index contributed by atoms with van der Waals surface area (Å²) in [6, 6.07) is 18.6. The van der Waals surface area contributed by atoms with Crippen molar-refractivity contribution in [3.8, 4) is 6.07 Å². The monoisotopic (exact) mass is 481 g/mol. The highest BCUT2D eigenvalue weighted by Crippen LogP contribution is 2.34. The molecule has 1 fully saturated rings. The topological polar surface area (TPSA) is 119 Å². The van der Waals surface area contributed by atoms with Crippen LogP contribution in [0.2, 0.25) is 0 Å². The Morgan fingerprint density at radius 1 is 1.17 bits per heavy atom. The average molecular weight is 482 g/mol. The summed E-state index contributed by atoms with van der Waals surface area (Å²) < 4.78 is 5.57. The molecule has 3 heterocycles. The van der Waals surface area contributed by atoms with E-state index in [4.69, 9.17) is 9.68 Å². The van der Waals surface area contributed by atoms with Crippen molar-refractivity contribution < 1.29 is 18.8 Å². The fraction of sp³-hybridized carbons (Fsp3) is 0.222. The van der Waals surface area contributed by atoms with E-state index in [0.29, 0.717) is 29.0 Å². The molecule has 180 valence electrons. The molecular weight excluding hydrogens is 458 g/mol. The molecule has 2 aromatic carbocycles. The summed E-state index contributed by atoms with van der Waals surface area (Å²) in [7, 11) is 0. The number of rotatable bonds is 5. The van der Waals surface area contributed by atoms with Gasteiger partial charge in [-0.1, -0.05) is 42.0 Å². The van der Waals surface area contributed by atoms with Gasteiger partial charge in [-0.2, -0.15) is 10.4 Å². The molecule has 4 amide bonds. The maximum atomic E-state index is 13.4. The van der Waals surface area contributed by atoms with E-state index in [1.165, 1.54) is 11.3 Å². The van der Waals surface area contributed by atoms with Gasteiger partial charge in [-0.25, -0.2) is 9.80 Å². The van der Waals surface area contributed by atoms with Crippen LogP contribution in [0.15, 0.2) is 76.4 Å². The molecule has 0 bridgehead atoms. The number of aryl methyl sites for hydroxylation is 1.